The number of hydrogen-bond donors (Lipinski definition) is 1. The molecule has 2 aliphatic rings. The van der Waals surface area contributed by atoms with Crippen molar-refractivity contribution in [3.8, 4) is 0 Å². The first-order valence-electron chi connectivity index (χ1n) is 8.96. The predicted octanol–water partition coefficient (Wildman–Crippen LogP) is 2.01. The van der Waals surface area contributed by atoms with Crippen molar-refractivity contribution in [1.29, 1.82) is 0 Å². The molecule has 2 aliphatic heterocycles. The molecule has 0 saturated carbocycles. The fourth-order valence-corrected chi connectivity index (χ4v) is 3.39. The van der Waals surface area contributed by atoms with Gasteiger partial charge in [0.25, 0.3) is 0 Å². The van der Waals surface area contributed by atoms with Gasteiger partial charge < -0.3 is 9.64 Å². The standard InChI is InChI=1S/C19H24N6O/c1-14-4-3-5-15(10-14)11-20-23-19-21-17-13-24(2)12-16(17)18(22-19)25-6-8-26-9-7-25/h3-5,10-11H,6-9,12-13H2,1-2H3,(H,21,22,23)/b20-11+. The highest BCUT2D eigenvalue weighted by Crippen LogP contribution is 2.30. The van der Waals surface area contributed by atoms with Gasteiger partial charge in [0.1, 0.15) is 5.82 Å². The Kier molecular flexibility index (Phi) is 4.81. The zero-order valence-corrected chi connectivity index (χ0v) is 15.3. The Bertz CT molecular complexity index is 816. The molecule has 0 bridgehead atoms. The monoisotopic (exact) mass is 352 g/mol. The molecule has 4 rings (SSSR count). The van der Waals surface area contributed by atoms with E-state index in [-0.39, 0.29) is 0 Å². The highest BCUT2D eigenvalue weighted by molar-refractivity contribution is 5.80. The Labute approximate surface area is 153 Å². The van der Waals surface area contributed by atoms with Gasteiger partial charge in [-0.2, -0.15) is 10.1 Å². The topological polar surface area (TPSA) is 65.9 Å². The Morgan fingerprint density at radius 3 is 2.85 bits per heavy atom. The largest absolute Gasteiger partial charge is 0.378 e. The Hall–Kier alpha value is -2.51. The van der Waals surface area contributed by atoms with Crippen LogP contribution in [0.1, 0.15) is 22.4 Å². The molecule has 0 aliphatic carbocycles. The van der Waals surface area contributed by atoms with Crippen LogP contribution in [0.15, 0.2) is 29.4 Å². The van der Waals surface area contributed by atoms with Gasteiger partial charge in [0.15, 0.2) is 0 Å². The lowest BCUT2D eigenvalue weighted by Crippen LogP contribution is -2.37. The van der Waals surface area contributed by atoms with Crippen molar-refractivity contribution in [3.05, 3.63) is 46.6 Å². The Balaban J connectivity index is 1.57. The van der Waals surface area contributed by atoms with Gasteiger partial charge in [-0.25, -0.2) is 10.4 Å². The molecule has 3 heterocycles. The first-order chi connectivity index (χ1) is 12.7. The molecular weight excluding hydrogens is 328 g/mol. The van der Waals surface area contributed by atoms with E-state index in [0.717, 1.165) is 56.5 Å². The highest BCUT2D eigenvalue weighted by Gasteiger charge is 2.26. The van der Waals surface area contributed by atoms with Crippen LogP contribution in [0, 0.1) is 6.92 Å². The number of hydrazone groups is 1. The Morgan fingerprint density at radius 2 is 2.04 bits per heavy atom. The van der Waals surface area contributed by atoms with Gasteiger partial charge in [-0.15, -0.1) is 0 Å². The van der Waals surface area contributed by atoms with Gasteiger partial charge in [0, 0.05) is 31.7 Å². The summed E-state index contributed by atoms with van der Waals surface area (Å²) in [6, 6.07) is 8.20. The number of ether oxygens (including phenoxy) is 1. The molecule has 1 saturated heterocycles. The van der Waals surface area contributed by atoms with E-state index in [1.807, 2.05) is 12.1 Å². The van der Waals surface area contributed by atoms with E-state index >= 15 is 0 Å². The zero-order valence-electron chi connectivity index (χ0n) is 15.3. The summed E-state index contributed by atoms with van der Waals surface area (Å²) in [5, 5.41) is 4.33. The minimum atomic E-state index is 0.546. The summed E-state index contributed by atoms with van der Waals surface area (Å²) in [4.78, 5) is 14.0. The maximum atomic E-state index is 5.48. The van der Waals surface area contributed by atoms with E-state index in [0.29, 0.717) is 5.95 Å². The van der Waals surface area contributed by atoms with Crippen LogP contribution >= 0.6 is 0 Å². The van der Waals surface area contributed by atoms with Crippen molar-refractivity contribution in [1.82, 2.24) is 14.9 Å². The van der Waals surface area contributed by atoms with Gasteiger partial charge in [0.2, 0.25) is 5.95 Å². The fraction of sp³-hybridized carbons (Fsp3) is 0.421. The average Bonchev–Trinajstić information content (AvgIpc) is 3.02. The lowest BCUT2D eigenvalue weighted by Gasteiger charge is -2.29. The molecule has 0 atom stereocenters. The van der Waals surface area contributed by atoms with Crippen molar-refractivity contribution >= 4 is 18.0 Å². The van der Waals surface area contributed by atoms with Crippen LogP contribution in [0.25, 0.3) is 0 Å². The van der Waals surface area contributed by atoms with Crippen LogP contribution < -0.4 is 10.3 Å². The molecule has 7 nitrogen and oxygen atoms in total. The lowest BCUT2D eigenvalue weighted by atomic mass is 10.2. The number of benzene rings is 1. The van der Waals surface area contributed by atoms with E-state index in [1.54, 1.807) is 6.21 Å². The van der Waals surface area contributed by atoms with Crippen LogP contribution in [0.5, 0.6) is 0 Å². The van der Waals surface area contributed by atoms with E-state index in [1.165, 1.54) is 11.1 Å². The number of hydrogen-bond acceptors (Lipinski definition) is 7. The minimum Gasteiger partial charge on any atom is -0.378 e. The third-order valence-electron chi connectivity index (χ3n) is 4.65. The molecule has 7 heteroatoms. The smallest absolute Gasteiger partial charge is 0.245 e. The second-order valence-electron chi connectivity index (χ2n) is 6.85. The predicted molar refractivity (Wildman–Crippen MR) is 103 cm³/mol. The lowest BCUT2D eigenvalue weighted by molar-refractivity contribution is 0.122. The summed E-state index contributed by atoms with van der Waals surface area (Å²) in [5.41, 5.74) is 7.57. The van der Waals surface area contributed by atoms with Crippen LogP contribution in [-0.2, 0) is 17.8 Å². The summed E-state index contributed by atoms with van der Waals surface area (Å²) in [5.74, 6) is 1.56. The number of fused-ring (bicyclic) bond motifs is 1. The first kappa shape index (κ1) is 16.9. The molecular formula is C19H24N6O. The SMILES string of the molecule is Cc1cccc(/C=N/Nc2nc3c(c(N4CCOCC4)n2)CN(C)C3)c1. The zero-order chi connectivity index (χ0) is 17.9. The summed E-state index contributed by atoms with van der Waals surface area (Å²) < 4.78 is 5.48. The van der Waals surface area contributed by atoms with Crippen LogP contribution in [0.2, 0.25) is 0 Å². The number of nitrogens with one attached hydrogen (secondary N) is 1. The van der Waals surface area contributed by atoms with Crippen LogP contribution in [0.3, 0.4) is 0 Å². The van der Waals surface area contributed by atoms with E-state index < -0.39 is 0 Å². The van der Waals surface area contributed by atoms with Crippen molar-refractivity contribution in [2.75, 3.05) is 43.7 Å². The summed E-state index contributed by atoms with van der Waals surface area (Å²) in [6.07, 6.45) is 1.80. The molecule has 26 heavy (non-hydrogen) atoms. The van der Waals surface area contributed by atoms with E-state index in [4.69, 9.17) is 9.72 Å². The number of anilines is 2. The molecule has 1 aromatic heterocycles. The summed E-state index contributed by atoms with van der Waals surface area (Å²) in [6.45, 7) is 6.99. The third-order valence-corrected chi connectivity index (χ3v) is 4.65. The summed E-state index contributed by atoms with van der Waals surface area (Å²) >= 11 is 0. The first-order valence-corrected chi connectivity index (χ1v) is 8.96. The van der Waals surface area contributed by atoms with Gasteiger partial charge in [0.05, 0.1) is 25.1 Å². The molecule has 136 valence electrons. The van der Waals surface area contributed by atoms with Gasteiger partial charge in [-0.3, -0.25) is 4.90 Å². The van der Waals surface area contributed by atoms with Gasteiger partial charge >= 0.3 is 0 Å². The number of morpholine rings is 1. The van der Waals surface area contributed by atoms with Crippen molar-refractivity contribution in [3.63, 3.8) is 0 Å². The van der Waals surface area contributed by atoms with Crippen molar-refractivity contribution < 1.29 is 4.74 Å². The number of aryl methyl sites for hydroxylation is 1. The molecule has 1 aromatic carbocycles. The number of rotatable bonds is 4. The van der Waals surface area contributed by atoms with Gasteiger partial charge in [-0.1, -0.05) is 29.8 Å². The molecule has 1 fully saturated rings. The summed E-state index contributed by atoms with van der Waals surface area (Å²) in [7, 11) is 2.10. The number of aromatic nitrogens is 2. The van der Waals surface area contributed by atoms with Gasteiger partial charge in [-0.05, 0) is 19.5 Å². The van der Waals surface area contributed by atoms with Crippen molar-refractivity contribution in [2.24, 2.45) is 5.10 Å². The Morgan fingerprint density at radius 1 is 1.19 bits per heavy atom. The second kappa shape index (κ2) is 7.39. The number of nitrogens with zero attached hydrogens (tertiary/aromatic N) is 5. The normalized spacial score (nSPS) is 17.7. The molecule has 0 radical (unpaired) electrons. The van der Waals surface area contributed by atoms with Crippen LogP contribution in [-0.4, -0.2) is 54.4 Å². The molecule has 1 N–H and O–H groups in total. The highest BCUT2D eigenvalue weighted by atomic mass is 16.5. The van der Waals surface area contributed by atoms with Crippen LogP contribution in [0.4, 0.5) is 11.8 Å². The maximum Gasteiger partial charge on any atom is 0.245 e. The van der Waals surface area contributed by atoms with E-state index in [9.17, 15) is 0 Å². The fourth-order valence-electron chi connectivity index (χ4n) is 3.39. The third kappa shape index (κ3) is 3.68. The molecule has 0 spiro atoms. The van der Waals surface area contributed by atoms with E-state index in [2.05, 4.69) is 51.4 Å². The molecule has 2 aromatic rings. The molecule has 0 unspecified atom stereocenters. The molecule has 0 amide bonds. The average molecular weight is 352 g/mol. The quantitative estimate of drug-likeness (QED) is 0.671. The van der Waals surface area contributed by atoms with Crippen molar-refractivity contribution in [2.45, 2.75) is 20.0 Å². The maximum absolute atomic E-state index is 5.48. The minimum absolute atomic E-state index is 0.546. The second-order valence-corrected chi connectivity index (χ2v) is 6.85.